The number of hydrogen-bond donors (Lipinski definition) is 3. The summed E-state index contributed by atoms with van der Waals surface area (Å²) in [4.78, 5) is 0. The molecule has 0 aromatic heterocycles. The molecule has 0 aliphatic carbocycles. The van der Waals surface area contributed by atoms with Gasteiger partial charge >= 0.3 is 0 Å². The molecule has 0 heterocycles. The molecule has 17 heavy (non-hydrogen) atoms. The van der Waals surface area contributed by atoms with Gasteiger partial charge in [0.2, 0.25) is 0 Å². The van der Waals surface area contributed by atoms with E-state index in [2.05, 4.69) is 17.4 Å². The van der Waals surface area contributed by atoms with E-state index in [1.165, 1.54) is 5.56 Å². The summed E-state index contributed by atoms with van der Waals surface area (Å²) in [6.45, 7) is 4.72. The zero-order valence-corrected chi connectivity index (χ0v) is 10.5. The molecule has 4 nitrogen and oxygen atoms in total. The number of nitrogens with two attached hydrogens (primary N) is 2. The van der Waals surface area contributed by atoms with Gasteiger partial charge in [-0.25, -0.2) is 0 Å². The number of benzene rings is 1. The molecule has 1 aromatic carbocycles. The van der Waals surface area contributed by atoms with Crippen LogP contribution in [0.15, 0.2) is 24.3 Å². The predicted molar refractivity (Wildman–Crippen MR) is 71.2 cm³/mol. The fourth-order valence-electron chi connectivity index (χ4n) is 1.74. The SMILES string of the molecule is CCOc1cccc(CC(CN)NCCN)c1. The van der Waals surface area contributed by atoms with Crippen LogP contribution in [0, 0.1) is 0 Å². The molecule has 0 bridgehead atoms. The largest absolute Gasteiger partial charge is 0.494 e. The summed E-state index contributed by atoms with van der Waals surface area (Å²) in [5, 5.41) is 3.33. The van der Waals surface area contributed by atoms with Gasteiger partial charge < -0.3 is 21.5 Å². The molecule has 0 radical (unpaired) electrons. The van der Waals surface area contributed by atoms with Crippen LogP contribution in [0.25, 0.3) is 0 Å². The maximum Gasteiger partial charge on any atom is 0.119 e. The lowest BCUT2D eigenvalue weighted by molar-refractivity contribution is 0.339. The average Bonchev–Trinajstić information content (AvgIpc) is 2.35. The topological polar surface area (TPSA) is 73.3 Å². The summed E-state index contributed by atoms with van der Waals surface area (Å²) in [6, 6.07) is 8.41. The quantitative estimate of drug-likeness (QED) is 0.616. The van der Waals surface area contributed by atoms with Crippen molar-refractivity contribution in [1.82, 2.24) is 5.32 Å². The average molecular weight is 237 g/mol. The lowest BCUT2D eigenvalue weighted by Gasteiger charge is -2.16. The summed E-state index contributed by atoms with van der Waals surface area (Å²) < 4.78 is 5.47. The van der Waals surface area contributed by atoms with E-state index in [0.29, 0.717) is 19.7 Å². The van der Waals surface area contributed by atoms with Crippen LogP contribution in [-0.2, 0) is 6.42 Å². The third kappa shape index (κ3) is 5.17. The lowest BCUT2D eigenvalue weighted by atomic mass is 10.1. The Labute approximate surface area is 103 Å². The highest BCUT2D eigenvalue weighted by Gasteiger charge is 2.07. The second kappa shape index (κ2) is 8.06. The van der Waals surface area contributed by atoms with Crippen molar-refractivity contribution in [3.63, 3.8) is 0 Å². The molecule has 5 N–H and O–H groups in total. The van der Waals surface area contributed by atoms with Gasteiger partial charge in [0.05, 0.1) is 6.61 Å². The summed E-state index contributed by atoms with van der Waals surface area (Å²) >= 11 is 0. The van der Waals surface area contributed by atoms with E-state index in [1.807, 2.05) is 19.1 Å². The molecular weight excluding hydrogens is 214 g/mol. The lowest BCUT2D eigenvalue weighted by Crippen LogP contribution is -2.40. The van der Waals surface area contributed by atoms with Crippen molar-refractivity contribution in [2.45, 2.75) is 19.4 Å². The number of ether oxygens (including phenoxy) is 1. The molecule has 0 fully saturated rings. The third-order valence-corrected chi connectivity index (χ3v) is 2.55. The Bertz CT molecular complexity index is 317. The van der Waals surface area contributed by atoms with E-state index in [1.54, 1.807) is 0 Å². The van der Waals surface area contributed by atoms with Crippen molar-refractivity contribution in [3.05, 3.63) is 29.8 Å². The minimum Gasteiger partial charge on any atom is -0.494 e. The van der Waals surface area contributed by atoms with Gasteiger partial charge in [0.15, 0.2) is 0 Å². The smallest absolute Gasteiger partial charge is 0.119 e. The Morgan fingerprint density at radius 2 is 2.18 bits per heavy atom. The molecule has 96 valence electrons. The first-order valence-electron chi connectivity index (χ1n) is 6.15. The van der Waals surface area contributed by atoms with E-state index in [-0.39, 0.29) is 6.04 Å². The molecule has 0 saturated carbocycles. The van der Waals surface area contributed by atoms with Gasteiger partial charge in [0.1, 0.15) is 5.75 Å². The van der Waals surface area contributed by atoms with Crippen molar-refractivity contribution < 1.29 is 4.74 Å². The molecule has 4 heteroatoms. The Hall–Kier alpha value is -1.10. The zero-order valence-electron chi connectivity index (χ0n) is 10.5. The van der Waals surface area contributed by atoms with Crippen LogP contribution in [0.4, 0.5) is 0 Å². The summed E-state index contributed by atoms with van der Waals surface area (Å²) in [6.07, 6.45) is 0.900. The number of rotatable bonds is 8. The van der Waals surface area contributed by atoms with Crippen LogP contribution in [-0.4, -0.2) is 32.3 Å². The van der Waals surface area contributed by atoms with Crippen molar-refractivity contribution >= 4 is 0 Å². The van der Waals surface area contributed by atoms with E-state index in [9.17, 15) is 0 Å². The van der Waals surface area contributed by atoms with Gasteiger partial charge in [0.25, 0.3) is 0 Å². The van der Waals surface area contributed by atoms with Crippen molar-refractivity contribution in [3.8, 4) is 5.75 Å². The Kier molecular flexibility index (Phi) is 6.62. The Morgan fingerprint density at radius 1 is 1.35 bits per heavy atom. The van der Waals surface area contributed by atoms with E-state index in [4.69, 9.17) is 16.2 Å². The molecule has 0 aliphatic rings. The normalized spacial score (nSPS) is 12.4. The summed E-state index contributed by atoms with van der Waals surface area (Å²) in [7, 11) is 0. The van der Waals surface area contributed by atoms with E-state index >= 15 is 0 Å². The fourth-order valence-corrected chi connectivity index (χ4v) is 1.74. The molecule has 1 atom stereocenters. The number of nitrogens with one attached hydrogen (secondary N) is 1. The first-order valence-corrected chi connectivity index (χ1v) is 6.15. The maximum atomic E-state index is 5.72. The van der Waals surface area contributed by atoms with Gasteiger partial charge in [-0.2, -0.15) is 0 Å². The fraction of sp³-hybridized carbons (Fsp3) is 0.538. The highest BCUT2D eigenvalue weighted by atomic mass is 16.5. The molecule has 1 aromatic rings. The molecule has 0 amide bonds. The van der Waals surface area contributed by atoms with E-state index < -0.39 is 0 Å². The van der Waals surface area contributed by atoms with Crippen molar-refractivity contribution in [2.24, 2.45) is 11.5 Å². The van der Waals surface area contributed by atoms with Crippen LogP contribution < -0.4 is 21.5 Å². The van der Waals surface area contributed by atoms with Gasteiger partial charge in [-0.1, -0.05) is 12.1 Å². The van der Waals surface area contributed by atoms with Crippen LogP contribution in [0.1, 0.15) is 12.5 Å². The van der Waals surface area contributed by atoms with Crippen LogP contribution in [0.5, 0.6) is 5.75 Å². The second-order valence-electron chi connectivity index (χ2n) is 3.96. The molecule has 0 saturated heterocycles. The van der Waals surface area contributed by atoms with Crippen LogP contribution in [0.2, 0.25) is 0 Å². The summed E-state index contributed by atoms with van der Waals surface area (Å²) in [5.74, 6) is 0.916. The van der Waals surface area contributed by atoms with Crippen molar-refractivity contribution in [1.29, 1.82) is 0 Å². The van der Waals surface area contributed by atoms with Gasteiger partial charge in [-0.05, 0) is 31.0 Å². The molecule has 0 spiro atoms. The third-order valence-electron chi connectivity index (χ3n) is 2.55. The van der Waals surface area contributed by atoms with E-state index in [0.717, 1.165) is 18.7 Å². The Morgan fingerprint density at radius 3 is 2.82 bits per heavy atom. The minimum atomic E-state index is 0.274. The highest BCUT2D eigenvalue weighted by molar-refractivity contribution is 5.29. The van der Waals surface area contributed by atoms with Gasteiger partial charge in [0, 0.05) is 25.7 Å². The molecule has 1 rings (SSSR count). The minimum absolute atomic E-state index is 0.274. The van der Waals surface area contributed by atoms with Crippen molar-refractivity contribution in [2.75, 3.05) is 26.2 Å². The summed E-state index contributed by atoms with van der Waals surface area (Å²) in [5.41, 5.74) is 12.4. The first kappa shape index (κ1) is 14.0. The zero-order chi connectivity index (χ0) is 12.5. The van der Waals surface area contributed by atoms with Crippen LogP contribution in [0.3, 0.4) is 0 Å². The standard InChI is InChI=1S/C13H23N3O/c1-2-17-13-5-3-4-11(9-13)8-12(10-15)16-7-6-14/h3-5,9,12,16H,2,6-8,10,14-15H2,1H3. The maximum absolute atomic E-state index is 5.72. The monoisotopic (exact) mass is 237 g/mol. The highest BCUT2D eigenvalue weighted by Crippen LogP contribution is 2.14. The molecule has 1 unspecified atom stereocenters. The first-order chi connectivity index (χ1) is 8.30. The van der Waals surface area contributed by atoms with Crippen LogP contribution >= 0.6 is 0 Å². The number of hydrogen-bond acceptors (Lipinski definition) is 4. The Balaban J connectivity index is 2.55. The second-order valence-corrected chi connectivity index (χ2v) is 3.96. The molecular formula is C13H23N3O. The molecule has 0 aliphatic heterocycles. The van der Waals surface area contributed by atoms with Gasteiger partial charge in [-0.3, -0.25) is 0 Å². The predicted octanol–water partition coefficient (Wildman–Crippen LogP) is 0.503. The van der Waals surface area contributed by atoms with Gasteiger partial charge in [-0.15, -0.1) is 0 Å².